The number of likely N-dealkylation sites (N-methyl/N-ethyl adjacent to an activating group) is 2. The van der Waals surface area contributed by atoms with E-state index < -0.39 is 0 Å². The Morgan fingerprint density at radius 2 is 2.10 bits per heavy atom. The van der Waals surface area contributed by atoms with Crippen molar-refractivity contribution in [3.8, 4) is 9.88 Å². The van der Waals surface area contributed by atoms with E-state index in [1.54, 1.807) is 23.3 Å². The first-order valence-corrected chi connectivity index (χ1v) is 8.27. The smallest absolute Gasteiger partial charge is 0.273 e. The molecule has 0 unspecified atom stereocenters. The second-order valence-electron chi connectivity index (χ2n) is 4.00. The van der Waals surface area contributed by atoms with Gasteiger partial charge in [0.1, 0.15) is 10.7 Å². The number of hydrogen-bond donors (Lipinski definition) is 1. The summed E-state index contributed by atoms with van der Waals surface area (Å²) in [6.07, 6.45) is 0. The van der Waals surface area contributed by atoms with Crippen molar-refractivity contribution in [3.05, 3.63) is 27.0 Å². The first-order chi connectivity index (χ1) is 9.11. The van der Waals surface area contributed by atoms with Crippen LogP contribution >= 0.6 is 63.4 Å². The summed E-state index contributed by atoms with van der Waals surface area (Å²) < 4.78 is 1.04. The van der Waals surface area contributed by atoms with Gasteiger partial charge in [0.05, 0.1) is 4.88 Å². The van der Waals surface area contributed by atoms with Gasteiger partial charge in [0.2, 0.25) is 0 Å². The lowest BCUT2D eigenvalue weighted by Crippen LogP contribution is -2.32. The van der Waals surface area contributed by atoms with Crippen LogP contribution in [0.5, 0.6) is 0 Å². The van der Waals surface area contributed by atoms with Crippen molar-refractivity contribution in [3.63, 3.8) is 0 Å². The third-order valence-electron chi connectivity index (χ3n) is 2.55. The van der Waals surface area contributed by atoms with Crippen molar-refractivity contribution in [2.75, 3.05) is 27.2 Å². The highest BCUT2D eigenvalue weighted by molar-refractivity contribution is 9.10. The average molecular weight is 433 g/mol. The molecule has 0 atom stereocenters. The molecule has 0 saturated heterocycles. The first-order valence-electron chi connectivity index (χ1n) is 5.72. The van der Waals surface area contributed by atoms with E-state index in [0.717, 1.165) is 20.9 Å². The van der Waals surface area contributed by atoms with Crippen LogP contribution < -0.4 is 5.32 Å². The number of halogens is 3. The molecule has 2 rings (SSSR count). The van der Waals surface area contributed by atoms with Crippen LogP contribution in [-0.2, 0) is 0 Å². The Bertz CT molecular complexity index is 576. The van der Waals surface area contributed by atoms with Gasteiger partial charge in [-0.05, 0) is 29.0 Å². The zero-order chi connectivity index (χ0) is 13.8. The molecule has 0 aromatic carbocycles. The predicted octanol–water partition coefficient (Wildman–Crippen LogP) is 3.77. The number of carbonyl (C=O) groups excluding carboxylic acids is 1. The molecule has 21 heavy (non-hydrogen) atoms. The van der Waals surface area contributed by atoms with Gasteiger partial charge in [-0.2, -0.15) is 0 Å². The standard InChI is InChI=1S/C12H14BrN3OS2.2ClH/c1-14-3-4-16(2)12(17)9-7-19-11(15-9)10-5-8(13)6-18-10;;/h5-7,14H,3-4H2,1-2H3;2*1H. The summed E-state index contributed by atoms with van der Waals surface area (Å²) >= 11 is 6.54. The van der Waals surface area contributed by atoms with E-state index in [9.17, 15) is 4.79 Å². The van der Waals surface area contributed by atoms with Crippen molar-refractivity contribution in [1.82, 2.24) is 15.2 Å². The molecule has 1 amide bonds. The number of hydrogen-bond acceptors (Lipinski definition) is 5. The highest BCUT2D eigenvalue weighted by Gasteiger charge is 2.16. The quantitative estimate of drug-likeness (QED) is 0.781. The van der Waals surface area contributed by atoms with Crippen LogP contribution in [0.1, 0.15) is 10.5 Å². The minimum Gasteiger partial charge on any atom is -0.339 e. The van der Waals surface area contributed by atoms with Crippen molar-refractivity contribution < 1.29 is 4.79 Å². The van der Waals surface area contributed by atoms with Crippen LogP contribution in [0.3, 0.4) is 0 Å². The van der Waals surface area contributed by atoms with Gasteiger partial charge in [-0.3, -0.25) is 4.79 Å². The second-order valence-corrected chi connectivity index (χ2v) is 6.68. The highest BCUT2D eigenvalue weighted by atomic mass is 79.9. The van der Waals surface area contributed by atoms with Gasteiger partial charge >= 0.3 is 0 Å². The van der Waals surface area contributed by atoms with E-state index >= 15 is 0 Å². The van der Waals surface area contributed by atoms with E-state index in [1.165, 1.54) is 11.3 Å². The van der Waals surface area contributed by atoms with Crippen LogP contribution in [0.15, 0.2) is 21.3 Å². The summed E-state index contributed by atoms with van der Waals surface area (Å²) in [6, 6.07) is 2.02. The molecule has 0 fully saturated rings. The van der Waals surface area contributed by atoms with Crippen LogP contribution in [0, 0.1) is 0 Å². The van der Waals surface area contributed by atoms with E-state index in [1.807, 2.05) is 23.9 Å². The molecule has 0 aliphatic rings. The fraction of sp³-hybridized carbons (Fsp3) is 0.333. The molecule has 0 aliphatic carbocycles. The van der Waals surface area contributed by atoms with Gasteiger partial charge in [-0.15, -0.1) is 47.5 Å². The van der Waals surface area contributed by atoms with E-state index in [4.69, 9.17) is 0 Å². The molecule has 0 radical (unpaired) electrons. The molecule has 2 aromatic rings. The summed E-state index contributed by atoms with van der Waals surface area (Å²) in [5.74, 6) is -0.0339. The Kier molecular flexibility index (Phi) is 9.68. The molecule has 0 aliphatic heterocycles. The molecule has 2 aromatic heterocycles. The third kappa shape index (κ3) is 5.50. The van der Waals surface area contributed by atoms with Gasteiger partial charge in [0, 0.05) is 35.4 Å². The Hall–Kier alpha value is -0.180. The lowest BCUT2D eigenvalue weighted by atomic mass is 10.4. The summed E-state index contributed by atoms with van der Waals surface area (Å²) in [7, 11) is 3.66. The minimum absolute atomic E-state index is 0. The normalized spacial score (nSPS) is 9.67. The van der Waals surface area contributed by atoms with Crippen molar-refractivity contribution >= 4 is 69.3 Å². The number of thiazole rings is 1. The second kappa shape index (κ2) is 9.76. The molecule has 0 bridgehead atoms. The maximum atomic E-state index is 12.1. The SMILES string of the molecule is CNCCN(C)C(=O)c1csc(-c2cc(Br)cs2)n1.Cl.Cl. The zero-order valence-electron chi connectivity index (χ0n) is 11.5. The summed E-state index contributed by atoms with van der Waals surface area (Å²) in [4.78, 5) is 19.3. The Morgan fingerprint density at radius 3 is 2.67 bits per heavy atom. The van der Waals surface area contributed by atoms with Gasteiger partial charge in [-0.25, -0.2) is 4.98 Å². The van der Waals surface area contributed by atoms with Crippen molar-refractivity contribution in [2.45, 2.75) is 0 Å². The lowest BCUT2D eigenvalue weighted by Gasteiger charge is -2.15. The number of nitrogens with one attached hydrogen (secondary N) is 1. The van der Waals surface area contributed by atoms with Gasteiger partial charge in [0.15, 0.2) is 0 Å². The summed E-state index contributed by atoms with van der Waals surface area (Å²) in [5.41, 5.74) is 0.517. The topological polar surface area (TPSA) is 45.2 Å². The maximum Gasteiger partial charge on any atom is 0.273 e. The molecule has 118 valence electrons. The van der Waals surface area contributed by atoms with Gasteiger partial charge < -0.3 is 10.2 Å². The molecule has 9 heteroatoms. The monoisotopic (exact) mass is 431 g/mol. The van der Waals surface area contributed by atoms with Crippen LogP contribution in [0.25, 0.3) is 9.88 Å². The minimum atomic E-state index is -0.0339. The van der Waals surface area contributed by atoms with Crippen molar-refractivity contribution in [1.29, 1.82) is 0 Å². The Morgan fingerprint density at radius 1 is 1.38 bits per heavy atom. The molecule has 0 spiro atoms. The van der Waals surface area contributed by atoms with E-state index in [-0.39, 0.29) is 30.7 Å². The van der Waals surface area contributed by atoms with Gasteiger partial charge in [0.25, 0.3) is 5.91 Å². The van der Waals surface area contributed by atoms with Crippen molar-refractivity contribution in [2.24, 2.45) is 0 Å². The van der Waals surface area contributed by atoms with Crippen LogP contribution in [-0.4, -0.2) is 43.0 Å². The fourth-order valence-corrected chi connectivity index (χ4v) is 3.79. The molecule has 1 N–H and O–H groups in total. The predicted molar refractivity (Wildman–Crippen MR) is 98.5 cm³/mol. The third-order valence-corrected chi connectivity index (χ3v) is 5.25. The first kappa shape index (κ1) is 20.8. The van der Waals surface area contributed by atoms with Crippen LogP contribution in [0.2, 0.25) is 0 Å². The average Bonchev–Trinajstić information content (AvgIpc) is 3.03. The number of aromatic nitrogens is 1. The number of thiophene rings is 1. The zero-order valence-corrected chi connectivity index (χ0v) is 16.3. The van der Waals surface area contributed by atoms with E-state index in [0.29, 0.717) is 12.2 Å². The number of carbonyl (C=O) groups is 1. The molecule has 0 saturated carbocycles. The van der Waals surface area contributed by atoms with Gasteiger partial charge in [-0.1, -0.05) is 0 Å². The summed E-state index contributed by atoms with van der Waals surface area (Å²) in [6.45, 7) is 1.45. The Balaban J connectivity index is 0.00000200. The molecule has 2 heterocycles. The fourth-order valence-electron chi connectivity index (χ4n) is 1.49. The maximum absolute atomic E-state index is 12.1. The lowest BCUT2D eigenvalue weighted by molar-refractivity contribution is 0.0792. The number of nitrogens with zero attached hydrogens (tertiary/aromatic N) is 2. The highest BCUT2D eigenvalue weighted by Crippen LogP contribution is 2.32. The molecule has 4 nitrogen and oxygen atoms in total. The molecular formula is C12H16BrCl2N3OS2. The van der Waals surface area contributed by atoms with E-state index in [2.05, 4.69) is 26.2 Å². The number of amides is 1. The molecular weight excluding hydrogens is 417 g/mol. The Labute approximate surface area is 152 Å². The number of rotatable bonds is 5. The van der Waals surface area contributed by atoms with Crippen LogP contribution in [0.4, 0.5) is 0 Å². The summed E-state index contributed by atoms with van der Waals surface area (Å²) in [5, 5.41) is 7.75. The largest absolute Gasteiger partial charge is 0.339 e.